The number of hydrogen-bond donors (Lipinski definition) is 1. The molecule has 0 fully saturated rings. The maximum Gasteiger partial charge on any atom is 0.416 e. The highest BCUT2D eigenvalue weighted by Gasteiger charge is 2.30. The quantitative estimate of drug-likeness (QED) is 0.765. The van der Waals surface area contributed by atoms with Gasteiger partial charge in [0.05, 0.1) is 11.3 Å². The molecule has 0 aliphatic heterocycles. The lowest BCUT2D eigenvalue weighted by atomic mass is 10.1. The molecule has 25 heavy (non-hydrogen) atoms. The van der Waals surface area contributed by atoms with Gasteiger partial charge in [-0.05, 0) is 17.3 Å². The van der Waals surface area contributed by atoms with Crippen LogP contribution < -0.4 is 5.32 Å². The monoisotopic (exact) mass is 368 g/mol. The van der Waals surface area contributed by atoms with Crippen LogP contribution in [0.2, 0.25) is 0 Å². The van der Waals surface area contributed by atoms with Gasteiger partial charge in [0.15, 0.2) is 5.13 Å². The molecule has 0 radical (unpaired) electrons. The lowest BCUT2D eigenvalue weighted by Gasteiger charge is -2.06. The molecular formula is C14H11F3N6OS. The molecule has 3 aromatic rings. The van der Waals surface area contributed by atoms with Crippen molar-refractivity contribution in [3.05, 3.63) is 40.9 Å². The summed E-state index contributed by atoms with van der Waals surface area (Å²) in [5.41, 5.74) is 0.0424. The van der Waals surface area contributed by atoms with Crippen LogP contribution in [0.5, 0.6) is 0 Å². The predicted molar refractivity (Wildman–Crippen MR) is 83.8 cm³/mol. The third kappa shape index (κ3) is 4.18. The average Bonchev–Trinajstić information content (AvgIpc) is 3.16. The van der Waals surface area contributed by atoms with Gasteiger partial charge in [0.2, 0.25) is 11.7 Å². The van der Waals surface area contributed by atoms with E-state index >= 15 is 0 Å². The number of carbonyl (C=O) groups is 1. The number of hydrogen-bond acceptors (Lipinski definition) is 6. The molecule has 0 aliphatic rings. The van der Waals surface area contributed by atoms with Crippen LogP contribution in [0, 0.1) is 0 Å². The van der Waals surface area contributed by atoms with Crippen LogP contribution in [0.15, 0.2) is 29.6 Å². The van der Waals surface area contributed by atoms with E-state index in [-0.39, 0.29) is 23.8 Å². The zero-order valence-corrected chi connectivity index (χ0v) is 13.6. The minimum atomic E-state index is -4.44. The fourth-order valence-electron chi connectivity index (χ4n) is 1.99. The fraction of sp³-hybridized carbons (Fsp3) is 0.214. The molecule has 1 N–H and O–H groups in total. The van der Waals surface area contributed by atoms with Gasteiger partial charge in [-0.25, -0.2) is 4.98 Å². The van der Waals surface area contributed by atoms with Gasteiger partial charge in [0, 0.05) is 17.9 Å². The molecule has 2 heterocycles. The van der Waals surface area contributed by atoms with Crippen LogP contribution in [0.4, 0.5) is 18.3 Å². The standard InChI is InChI=1S/C14H11F3N6OS/c1-8(24)18-13-19-11(7-25-13)6-23-21-12(20-22-23)9-3-2-4-10(5-9)14(15,16)17/h2-5,7H,6H2,1H3,(H,18,19,24). The number of nitrogens with zero attached hydrogens (tertiary/aromatic N) is 5. The first-order chi connectivity index (χ1) is 11.8. The van der Waals surface area contributed by atoms with Gasteiger partial charge in [-0.1, -0.05) is 12.1 Å². The van der Waals surface area contributed by atoms with E-state index in [1.807, 2.05) is 0 Å². The third-order valence-corrected chi connectivity index (χ3v) is 3.85. The minimum absolute atomic E-state index is 0.0865. The Morgan fingerprint density at radius 2 is 2.16 bits per heavy atom. The highest BCUT2D eigenvalue weighted by Crippen LogP contribution is 2.31. The molecule has 2 aromatic heterocycles. The molecule has 7 nitrogen and oxygen atoms in total. The highest BCUT2D eigenvalue weighted by molar-refractivity contribution is 7.13. The van der Waals surface area contributed by atoms with E-state index in [0.29, 0.717) is 10.8 Å². The van der Waals surface area contributed by atoms with Crippen molar-refractivity contribution in [3.63, 3.8) is 0 Å². The van der Waals surface area contributed by atoms with Gasteiger partial charge in [0.25, 0.3) is 0 Å². The summed E-state index contributed by atoms with van der Waals surface area (Å²) < 4.78 is 38.3. The summed E-state index contributed by atoms with van der Waals surface area (Å²) in [7, 11) is 0. The van der Waals surface area contributed by atoms with Crippen molar-refractivity contribution in [2.24, 2.45) is 0 Å². The maximum atomic E-state index is 12.8. The molecule has 3 rings (SSSR count). The first kappa shape index (κ1) is 17.0. The molecule has 0 atom stereocenters. The largest absolute Gasteiger partial charge is 0.416 e. The summed E-state index contributed by atoms with van der Waals surface area (Å²) in [5, 5.41) is 16.4. The Labute approximate surface area is 143 Å². The molecule has 1 aromatic carbocycles. The molecule has 130 valence electrons. The Morgan fingerprint density at radius 3 is 2.88 bits per heavy atom. The second kappa shape index (κ2) is 6.59. The van der Waals surface area contributed by atoms with Crippen molar-refractivity contribution in [1.82, 2.24) is 25.2 Å². The number of tetrazole rings is 1. The van der Waals surface area contributed by atoms with Gasteiger partial charge in [-0.3, -0.25) is 4.79 Å². The summed E-state index contributed by atoms with van der Waals surface area (Å²) in [6.07, 6.45) is -4.44. The molecule has 11 heteroatoms. The number of thiazole rings is 1. The van der Waals surface area contributed by atoms with Crippen molar-refractivity contribution >= 4 is 22.4 Å². The second-order valence-electron chi connectivity index (χ2n) is 5.05. The summed E-state index contributed by atoms with van der Waals surface area (Å²) in [4.78, 5) is 16.4. The van der Waals surface area contributed by atoms with Crippen LogP contribution >= 0.6 is 11.3 Å². The molecule has 0 spiro atoms. The number of alkyl halides is 3. The normalized spacial score (nSPS) is 11.5. The third-order valence-electron chi connectivity index (χ3n) is 3.04. The Bertz CT molecular complexity index is 904. The molecule has 0 saturated heterocycles. The molecule has 0 bridgehead atoms. The smallest absolute Gasteiger partial charge is 0.302 e. The second-order valence-corrected chi connectivity index (χ2v) is 5.91. The lowest BCUT2D eigenvalue weighted by Crippen LogP contribution is -2.07. The van der Waals surface area contributed by atoms with Crippen molar-refractivity contribution in [2.75, 3.05) is 5.32 Å². The van der Waals surface area contributed by atoms with Gasteiger partial charge in [0.1, 0.15) is 6.54 Å². The summed E-state index contributed by atoms with van der Waals surface area (Å²) in [5.74, 6) is -0.143. The first-order valence-electron chi connectivity index (χ1n) is 6.99. The Hall–Kier alpha value is -2.82. The highest BCUT2D eigenvalue weighted by atomic mass is 32.1. The number of halogens is 3. The number of amides is 1. The van der Waals surface area contributed by atoms with Crippen molar-refractivity contribution in [2.45, 2.75) is 19.6 Å². The number of anilines is 1. The Kier molecular flexibility index (Phi) is 4.49. The van der Waals surface area contributed by atoms with E-state index in [9.17, 15) is 18.0 Å². The molecule has 0 saturated carbocycles. The van der Waals surface area contributed by atoms with Crippen molar-refractivity contribution in [3.8, 4) is 11.4 Å². The number of aromatic nitrogens is 5. The topological polar surface area (TPSA) is 85.6 Å². The first-order valence-corrected chi connectivity index (χ1v) is 7.86. The molecule has 0 aliphatic carbocycles. The van der Waals surface area contributed by atoms with Crippen LogP contribution in [-0.4, -0.2) is 31.1 Å². The van der Waals surface area contributed by atoms with Crippen LogP contribution in [-0.2, 0) is 17.5 Å². The van der Waals surface area contributed by atoms with E-state index in [1.165, 1.54) is 35.2 Å². The summed E-state index contributed by atoms with van der Waals surface area (Å²) in [6.45, 7) is 1.56. The fourth-order valence-corrected chi connectivity index (χ4v) is 2.74. The van der Waals surface area contributed by atoms with Crippen LogP contribution in [0.1, 0.15) is 18.2 Å². The molecule has 1 amide bonds. The minimum Gasteiger partial charge on any atom is -0.302 e. The summed E-state index contributed by atoms with van der Waals surface area (Å²) in [6, 6.07) is 4.72. The predicted octanol–water partition coefficient (Wildman–Crippen LogP) is 2.82. The SMILES string of the molecule is CC(=O)Nc1nc(Cn2nnc(-c3cccc(C(F)(F)F)c3)n2)cs1. The van der Waals surface area contributed by atoms with E-state index in [0.717, 1.165) is 12.1 Å². The van der Waals surface area contributed by atoms with Gasteiger partial charge in [-0.2, -0.15) is 18.0 Å². The van der Waals surface area contributed by atoms with E-state index < -0.39 is 11.7 Å². The van der Waals surface area contributed by atoms with Crippen LogP contribution in [0.25, 0.3) is 11.4 Å². The maximum absolute atomic E-state index is 12.8. The zero-order chi connectivity index (χ0) is 18.0. The number of rotatable bonds is 4. The molecular weight excluding hydrogens is 357 g/mol. The molecule has 0 unspecified atom stereocenters. The Balaban J connectivity index is 1.76. The van der Waals surface area contributed by atoms with Crippen molar-refractivity contribution in [1.29, 1.82) is 0 Å². The van der Waals surface area contributed by atoms with Gasteiger partial charge >= 0.3 is 6.18 Å². The number of benzene rings is 1. The van der Waals surface area contributed by atoms with Gasteiger partial charge < -0.3 is 5.32 Å². The zero-order valence-electron chi connectivity index (χ0n) is 12.8. The van der Waals surface area contributed by atoms with E-state index in [2.05, 4.69) is 25.7 Å². The average molecular weight is 368 g/mol. The number of carbonyl (C=O) groups excluding carboxylic acids is 1. The van der Waals surface area contributed by atoms with Crippen molar-refractivity contribution < 1.29 is 18.0 Å². The Morgan fingerprint density at radius 1 is 1.36 bits per heavy atom. The van der Waals surface area contributed by atoms with Gasteiger partial charge in [-0.15, -0.1) is 21.5 Å². The summed E-state index contributed by atoms with van der Waals surface area (Å²) >= 11 is 1.25. The number of nitrogens with one attached hydrogen (secondary N) is 1. The van der Waals surface area contributed by atoms with E-state index in [4.69, 9.17) is 0 Å². The van der Waals surface area contributed by atoms with E-state index in [1.54, 1.807) is 5.38 Å². The lowest BCUT2D eigenvalue weighted by molar-refractivity contribution is -0.137. The van der Waals surface area contributed by atoms with Crippen LogP contribution in [0.3, 0.4) is 0 Å².